The molecule has 142 valence electrons. The van der Waals surface area contributed by atoms with Gasteiger partial charge in [-0.2, -0.15) is 0 Å². The summed E-state index contributed by atoms with van der Waals surface area (Å²) in [4.78, 5) is 10.0. The first kappa shape index (κ1) is 18.1. The SMILES string of the molecule is CCCc1nc2c(cc1C)cc(N1CCN(Cc3ccccc3)CC1)n2C. The van der Waals surface area contributed by atoms with Crippen molar-refractivity contribution < 1.29 is 0 Å². The summed E-state index contributed by atoms with van der Waals surface area (Å²) in [7, 11) is 2.16. The minimum absolute atomic E-state index is 1.05. The Morgan fingerprint density at radius 2 is 1.74 bits per heavy atom. The molecule has 0 radical (unpaired) electrons. The third-order valence-electron chi connectivity index (χ3n) is 5.70. The molecule has 4 nitrogen and oxygen atoms in total. The third kappa shape index (κ3) is 3.72. The van der Waals surface area contributed by atoms with E-state index in [0.717, 1.165) is 51.2 Å². The number of pyridine rings is 1. The summed E-state index contributed by atoms with van der Waals surface area (Å²) in [6, 6.07) is 15.4. The molecule has 1 aliphatic heterocycles. The third-order valence-corrected chi connectivity index (χ3v) is 5.70. The van der Waals surface area contributed by atoms with Crippen LogP contribution in [0.5, 0.6) is 0 Å². The molecule has 0 bridgehead atoms. The molecule has 4 heteroatoms. The van der Waals surface area contributed by atoms with Crippen LogP contribution in [0.1, 0.15) is 30.2 Å². The maximum Gasteiger partial charge on any atom is 0.141 e. The van der Waals surface area contributed by atoms with Gasteiger partial charge < -0.3 is 9.47 Å². The molecule has 0 unspecified atom stereocenters. The molecule has 0 aliphatic carbocycles. The Morgan fingerprint density at radius 3 is 2.44 bits per heavy atom. The van der Waals surface area contributed by atoms with E-state index in [0.29, 0.717) is 0 Å². The molecule has 0 N–H and O–H groups in total. The number of benzene rings is 1. The summed E-state index contributed by atoms with van der Waals surface area (Å²) in [6.07, 6.45) is 2.19. The smallest absolute Gasteiger partial charge is 0.141 e. The molecule has 2 aromatic heterocycles. The van der Waals surface area contributed by atoms with Crippen LogP contribution < -0.4 is 4.90 Å². The summed E-state index contributed by atoms with van der Waals surface area (Å²) in [6.45, 7) is 9.79. The van der Waals surface area contributed by atoms with Crippen LogP contribution in [-0.4, -0.2) is 40.6 Å². The largest absolute Gasteiger partial charge is 0.355 e. The van der Waals surface area contributed by atoms with Gasteiger partial charge in [0.15, 0.2) is 0 Å². The fraction of sp³-hybridized carbons (Fsp3) is 0.435. The van der Waals surface area contributed by atoms with E-state index in [2.05, 4.69) is 77.7 Å². The molecule has 1 aliphatic rings. The summed E-state index contributed by atoms with van der Waals surface area (Å²) in [5.41, 5.74) is 5.07. The molecular formula is C23H30N4. The number of nitrogens with zero attached hydrogens (tertiary/aromatic N) is 4. The first-order valence-electron chi connectivity index (χ1n) is 10.1. The molecule has 0 amide bonds. The molecule has 3 aromatic rings. The molecule has 3 heterocycles. The van der Waals surface area contributed by atoms with Crippen LogP contribution in [0.25, 0.3) is 11.0 Å². The van der Waals surface area contributed by atoms with Gasteiger partial charge >= 0.3 is 0 Å². The predicted molar refractivity (Wildman–Crippen MR) is 113 cm³/mol. The fourth-order valence-corrected chi connectivity index (χ4v) is 4.15. The van der Waals surface area contributed by atoms with Gasteiger partial charge in [0.2, 0.25) is 0 Å². The molecule has 1 saturated heterocycles. The first-order valence-corrected chi connectivity index (χ1v) is 10.1. The van der Waals surface area contributed by atoms with Gasteiger partial charge in [0, 0.05) is 50.9 Å². The number of rotatable bonds is 5. The number of hydrogen-bond acceptors (Lipinski definition) is 3. The van der Waals surface area contributed by atoms with Crippen LogP contribution in [0.3, 0.4) is 0 Å². The number of hydrogen-bond donors (Lipinski definition) is 0. The highest BCUT2D eigenvalue weighted by molar-refractivity contribution is 5.83. The van der Waals surface area contributed by atoms with Crippen LogP contribution in [-0.2, 0) is 20.0 Å². The van der Waals surface area contributed by atoms with Gasteiger partial charge in [0.05, 0.1) is 0 Å². The maximum atomic E-state index is 4.98. The predicted octanol–water partition coefficient (Wildman–Crippen LogP) is 4.16. The zero-order chi connectivity index (χ0) is 18.8. The van der Waals surface area contributed by atoms with Crippen LogP contribution in [0.2, 0.25) is 0 Å². The van der Waals surface area contributed by atoms with Gasteiger partial charge in [-0.05, 0) is 36.6 Å². The molecule has 4 rings (SSSR count). The second-order valence-corrected chi connectivity index (χ2v) is 7.73. The Morgan fingerprint density at radius 1 is 1.00 bits per heavy atom. The maximum absolute atomic E-state index is 4.98. The lowest BCUT2D eigenvalue weighted by Crippen LogP contribution is -2.46. The van der Waals surface area contributed by atoms with Crippen molar-refractivity contribution in [3.05, 3.63) is 59.3 Å². The molecule has 1 fully saturated rings. The van der Waals surface area contributed by atoms with Crippen molar-refractivity contribution in [2.24, 2.45) is 7.05 Å². The van der Waals surface area contributed by atoms with Gasteiger partial charge in [0.25, 0.3) is 0 Å². The van der Waals surface area contributed by atoms with Gasteiger partial charge in [-0.1, -0.05) is 43.7 Å². The zero-order valence-electron chi connectivity index (χ0n) is 16.8. The standard InChI is InChI=1S/C23H30N4/c1-4-8-21-18(2)15-20-16-22(25(3)23(20)24-21)27-13-11-26(12-14-27)17-19-9-6-5-7-10-19/h5-7,9-10,15-16H,4,8,11-14,17H2,1-3H3. The van der Waals surface area contributed by atoms with Crippen LogP contribution in [0.15, 0.2) is 42.5 Å². The minimum Gasteiger partial charge on any atom is -0.355 e. The molecule has 1 aromatic carbocycles. The van der Waals surface area contributed by atoms with Crippen LogP contribution in [0, 0.1) is 6.92 Å². The van der Waals surface area contributed by atoms with Crippen molar-refractivity contribution in [3.63, 3.8) is 0 Å². The Hall–Kier alpha value is -2.33. The Balaban J connectivity index is 1.49. The normalized spacial score (nSPS) is 15.6. The Kier molecular flexibility index (Phi) is 5.17. The van der Waals surface area contributed by atoms with Crippen molar-refractivity contribution >= 4 is 16.9 Å². The minimum atomic E-state index is 1.05. The molecule has 0 saturated carbocycles. The molecule has 0 spiro atoms. The average molecular weight is 363 g/mol. The summed E-state index contributed by atoms with van der Waals surface area (Å²) < 4.78 is 2.28. The number of piperazine rings is 1. The van der Waals surface area contributed by atoms with E-state index >= 15 is 0 Å². The second-order valence-electron chi connectivity index (χ2n) is 7.73. The van der Waals surface area contributed by atoms with Gasteiger partial charge in [-0.15, -0.1) is 0 Å². The van der Waals surface area contributed by atoms with Crippen molar-refractivity contribution in [2.45, 2.75) is 33.2 Å². The topological polar surface area (TPSA) is 24.3 Å². The zero-order valence-corrected chi connectivity index (χ0v) is 16.8. The lowest BCUT2D eigenvalue weighted by Gasteiger charge is -2.36. The van der Waals surface area contributed by atoms with Crippen LogP contribution in [0.4, 0.5) is 5.82 Å². The van der Waals surface area contributed by atoms with Crippen LogP contribution >= 0.6 is 0 Å². The summed E-state index contributed by atoms with van der Waals surface area (Å²) in [5.74, 6) is 1.30. The Bertz CT molecular complexity index is 905. The van der Waals surface area contributed by atoms with Gasteiger partial charge in [-0.25, -0.2) is 4.98 Å². The number of aromatic nitrogens is 2. The van der Waals surface area contributed by atoms with E-state index < -0.39 is 0 Å². The highest BCUT2D eigenvalue weighted by Gasteiger charge is 2.21. The number of anilines is 1. The van der Waals surface area contributed by atoms with E-state index in [4.69, 9.17) is 4.98 Å². The van der Waals surface area contributed by atoms with Gasteiger partial charge in [-0.3, -0.25) is 4.90 Å². The lowest BCUT2D eigenvalue weighted by molar-refractivity contribution is 0.249. The quantitative estimate of drug-likeness (QED) is 0.681. The first-order chi connectivity index (χ1) is 13.2. The van der Waals surface area contributed by atoms with Crippen molar-refractivity contribution in [1.82, 2.24) is 14.5 Å². The second kappa shape index (κ2) is 7.73. The van der Waals surface area contributed by atoms with E-state index in [1.807, 2.05) is 0 Å². The summed E-state index contributed by atoms with van der Waals surface area (Å²) >= 11 is 0. The van der Waals surface area contributed by atoms with E-state index in [1.165, 1.54) is 28.0 Å². The number of aryl methyl sites for hydroxylation is 3. The molecule has 27 heavy (non-hydrogen) atoms. The highest BCUT2D eigenvalue weighted by atomic mass is 15.3. The van der Waals surface area contributed by atoms with Crippen molar-refractivity contribution in [1.29, 1.82) is 0 Å². The highest BCUT2D eigenvalue weighted by Crippen LogP contribution is 2.27. The van der Waals surface area contributed by atoms with E-state index in [-0.39, 0.29) is 0 Å². The van der Waals surface area contributed by atoms with E-state index in [9.17, 15) is 0 Å². The monoisotopic (exact) mass is 362 g/mol. The lowest BCUT2D eigenvalue weighted by atomic mass is 10.1. The molecule has 0 atom stereocenters. The average Bonchev–Trinajstić information content (AvgIpc) is 2.99. The summed E-state index contributed by atoms with van der Waals surface area (Å²) in [5, 5.41) is 1.26. The van der Waals surface area contributed by atoms with Crippen molar-refractivity contribution in [3.8, 4) is 0 Å². The number of fused-ring (bicyclic) bond motifs is 1. The van der Waals surface area contributed by atoms with E-state index in [1.54, 1.807) is 0 Å². The van der Waals surface area contributed by atoms with Gasteiger partial charge in [0.1, 0.15) is 11.5 Å². The fourth-order valence-electron chi connectivity index (χ4n) is 4.15. The van der Waals surface area contributed by atoms with Crippen molar-refractivity contribution in [2.75, 3.05) is 31.1 Å². The molecular weight excluding hydrogens is 332 g/mol. The Labute approximate surface area is 162 Å².